The van der Waals surface area contributed by atoms with Crippen LogP contribution in [0, 0.1) is 32.1 Å². The Morgan fingerprint density at radius 1 is 1.00 bits per heavy atom. The summed E-state index contributed by atoms with van der Waals surface area (Å²) < 4.78 is 2.17. The first kappa shape index (κ1) is 17.4. The van der Waals surface area contributed by atoms with E-state index in [1.165, 1.54) is 0 Å². The van der Waals surface area contributed by atoms with E-state index in [2.05, 4.69) is 5.10 Å². The van der Waals surface area contributed by atoms with Crippen LogP contribution in [-0.4, -0.2) is 14.3 Å². The van der Waals surface area contributed by atoms with Crippen LogP contribution < -0.4 is 11.2 Å². The van der Waals surface area contributed by atoms with Crippen molar-refractivity contribution in [2.24, 2.45) is 0 Å². The molecule has 3 rings (SSSR count). The molecule has 0 spiro atoms. The summed E-state index contributed by atoms with van der Waals surface area (Å²) in [6, 6.07) is 14.7. The van der Waals surface area contributed by atoms with Gasteiger partial charge in [0, 0.05) is 0 Å². The zero-order valence-corrected chi connectivity index (χ0v) is 14.9. The minimum atomic E-state index is -0.680. The number of rotatable bonds is 3. The lowest BCUT2D eigenvalue weighted by Gasteiger charge is -2.12. The molecule has 130 valence electrons. The highest BCUT2D eigenvalue weighted by Crippen LogP contribution is 2.12. The maximum absolute atomic E-state index is 12.9. The van der Waals surface area contributed by atoms with E-state index in [9.17, 15) is 14.9 Å². The van der Waals surface area contributed by atoms with Crippen LogP contribution in [0.3, 0.4) is 0 Å². The third-order valence-electron chi connectivity index (χ3n) is 4.49. The molecular weight excluding hydrogens is 328 g/mol. The molecule has 0 unspecified atom stereocenters. The number of hydrogen-bond acceptors (Lipinski definition) is 4. The van der Waals surface area contributed by atoms with E-state index in [0.717, 1.165) is 31.5 Å². The first-order valence-corrected chi connectivity index (χ1v) is 8.19. The molecular formula is C20H18N4O2. The molecule has 26 heavy (non-hydrogen) atoms. The third kappa shape index (κ3) is 3.07. The lowest BCUT2D eigenvalue weighted by Crippen LogP contribution is -2.42. The van der Waals surface area contributed by atoms with E-state index < -0.39 is 11.2 Å². The summed E-state index contributed by atoms with van der Waals surface area (Å²) in [5.41, 5.74) is 2.84. The van der Waals surface area contributed by atoms with Crippen LogP contribution in [0.25, 0.3) is 5.69 Å². The molecule has 0 atom stereocenters. The lowest BCUT2D eigenvalue weighted by molar-refractivity contribution is 0.609. The van der Waals surface area contributed by atoms with Gasteiger partial charge >= 0.3 is 5.69 Å². The standard InChI is InChI=1S/C20H18N4O2/c1-13-8-9-17(10-15(13)3)24-20(26)23(19(25)18(11-21)22-24)12-16-7-5-4-6-14(16)2/h4-10H,12H2,1-3H3. The summed E-state index contributed by atoms with van der Waals surface area (Å²) in [6.45, 7) is 5.90. The summed E-state index contributed by atoms with van der Waals surface area (Å²) in [4.78, 5) is 25.4. The molecule has 0 fully saturated rings. The van der Waals surface area contributed by atoms with E-state index in [1.54, 1.807) is 12.1 Å². The van der Waals surface area contributed by atoms with Crippen LogP contribution in [0.5, 0.6) is 0 Å². The molecule has 0 bridgehead atoms. The van der Waals surface area contributed by atoms with Crippen LogP contribution in [0.15, 0.2) is 52.1 Å². The van der Waals surface area contributed by atoms with Crippen LogP contribution in [0.1, 0.15) is 27.9 Å². The Morgan fingerprint density at radius 3 is 2.38 bits per heavy atom. The Morgan fingerprint density at radius 2 is 1.73 bits per heavy atom. The third-order valence-corrected chi connectivity index (χ3v) is 4.49. The molecule has 6 heteroatoms. The molecule has 0 radical (unpaired) electrons. The molecule has 0 amide bonds. The molecule has 0 aliphatic heterocycles. The molecule has 0 saturated heterocycles. The zero-order chi connectivity index (χ0) is 18.8. The average Bonchev–Trinajstić information content (AvgIpc) is 2.63. The van der Waals surface area contributed by atoms with Gasteiger partial charge in [-0.3, -0.25) is 9.36 Å². The van der Waals surface area contributed by atoms with Crippen molar-refractivity contribution in [3.8, 4) is 11.8 Å². The number of aromatic nitrogens is 3. The molecule has 2 aromatic carbocycles. The van der Waals surface area contributed by atoms with Crippen molar-refractivity contribution in [3.05, 3.63) is 91.3 Å². The first-order valence-electron chi connectivity index (χ1n) is 8.19. The van der Waals surface area contributed by atoms with E-state index in [-0.39, 0.29) is 12.2 Å². The Labute approximate surface area is 150 Å². The molecule has 6 nitrogen and oxygen atoms in total. The molecule has 1 heterocycles. The van der Waals surface area contributed by atoms with Gasteiger partial charge in [-0.2, -0.15) is 9.94 Å². The van der Waals surface area contributed by atoms with E-state index in [1.807, 2.05) is 57.2 Å². The number of hydrogen-bond donors (Lipinski definition) is 0. The Bertz CT molecular complexity index is 1150. The molecule has 0 aliphatic carbocycles. The number of aryl methyl sites for hydroxylation is 3. The molecule has 0 saturated carbocycles. The van der Waals surface area contributed by atoms with Crippen molar-refractivity contribution in [1.29, 1.82) is 5.26 Å². The minimum Gasteiger partial charge on any atom is -0.266 e. The van der Waals surface area contributed by atoms with Crippen molar-refractivity contribution in [1.82, 2.24) is 14.3 Å². The Balaban J connectivity index is 2.24. The number of nitrogens with zero attached hydrogens (tertiary/aromatic N) is 4. The summed E-state index contributed by atoms with van der Waals surface area (Å²) in [5.74, 6) is 0. The predicted molar refractivity (Wildman–Crippen MR) is 98.6 cm³/mol. The topological polar surface area (TPSA) is 80.7 Å². The normalized spacial score (nSPS) is 10.5. The fourth-order valence-electron chi connectivity index (χ4n) is 2.71. The highest BCUT2D eigenvalue weighted by Gasteiger charge is 2.15. The van der Waals surface area contributed by atoms with E-state index in [0.29, 0.717) is 5.69 Å². The van der Waals surface area contributed by atoms with Crippen molar-refractivity contribution in [2.45, 2.75) is 27.3 Å². The highest BCUT2D eigenvalue weighted by molar-refractivity contribution is 5.39. The molecule has 0 aliphatic rings. The fourth-order valence-corrected chi connectivity index (χ4v) is 2.71. The van der Waals surface area contributed by atoms with Gasteiger partial charge in [-0.05, 0) is 55.2 Å². The van der Waals surface area contributed by atoms with Gasteiger partial charge in [-0.15, -0.1) is 5.10 Å². The maximum atomic E-state index is 12.9. The largest absolute Gasteiger partial charge is 0.352 e. The fraction of sp³-hybridized carbons (Fsp3) is 0.200. The quantitative estimate of drug-likeness (QED) is 0.728. The molecule has 1 aromatic heterocycles. The van der Waals surface area contributed by atoms with E-state index >= 15 is 0 Å². The van der Waals surface area contributed by atoms with Gasteiger partial charge in [0.15, 0.2) is 0 Å². The van der Waals surface area contributed by atoms with Crippen molar-refractivity contribution >= 4 is 0 Å². The van der Waals surface area contributed by atoms with Gasteiger partial charge in [0.05, 0.1) is 12.2 Å². The molecule has 0 N–H and O–H groups in total. The summed E-state index contributed by atoms with van der Waals surface area (Å²) >= 11 is 0. The van der Waals surface area contributed by atoms with Gasteiger partial charge in [0.1, 0.15) is 6.07 Å². The second kappa shape index (κ2) is 6.81. The van der Waals surface area contributed by atoms with Gasteiger partial charge in [0.25, 0.3) is 5.56 Å². The number of benzene rings is 2. The second-order valence-electron chi connectivity index (χ2n) is 6.24. The number of nitriles is 1. The van der Waals surface area contributed by atoms with Gasteiger partial charge in [-0.25, -0.2) is 4.79 Å². The highest BCUT2D eigenvalue weighted by atomic mass is 16.2. The van der Waals surface area contributed by atoms with Crippen LogP contribution in [0.4, 0.5) is 0 Å². The van der Waals surface area contributed by atoms with Crippen molar-refractivity contribution in [3.63, 3.8) is 0 Å². The van der Waals surface area contributed by atoms with Crippen LogP contribution >= 0.6 is 0 Å². The maximum Gasteiger partial charge on any atom is 0.352 e. The lowest BCUT2D eigenvalue weighted by atomic mass is 10.1. The summed E-state index contributed by atoms with van der Waals surface area (Å²) in [6.07, 6.45) is 0. The monoisotopic (exact) mass is 346 g/mol. The van der Waals surface area contributed by atoms with Crippen LogP contribution in [-0.2, 0) is 6.54 Å². The molecule has 3 aromatic rings. The van der Waals surface area contributed by atoms with Gasteiger partial charge < -0.3 is 0 Å². The minimum absolute atomic E-state index is 0.0897. The Hall–Kier alpha value is -3.46. The SMILES string of the molecule is Cc1ccc(-n2nc(C#N)c(=O)n(Cc3ccccc3C)c2=O)cc1C. The smallest absolute Gasteiger partial charge is 0.266 e. The summed E-state index contributed by atoms with van der Waals surface area (Å²) in [5, 5.41) is 13.2. The average molecular weight is 346 g/mol. The first-order chi connectivity index (χ1) is 12.4. The summed E-state index contributed by atoms with van der Waals surface area (Å²) in [7, 11) is 0. The zero-order valence-electron chi connectivity index (χ0n) is 14.9. The second-order valence-corrected chi connectivity index (χ2v) is 6.24. The Kier molecular flexibility index (Phi) is 4.55. The van der Waals surface area contributed by atoms with Gasteiger partial charge in [-0.1, -0.05) is 30.3 Å². The van der Waals surface area contributed by atoms with Gasteiger partial charge in [0.2, 0.25) is 5.69 Å². The predicted octanol–water partition coefficient (Wildman–Crippen LogP) is 2.24. The van der Waals surface area contributed by atoms with Crippen molar-refractivity contribution < 1.29 is 0 Å². The van der Waals surface area contributed by atoms with E-state index in [4.69, 9.17) is 0 Å². The van der Waals surface area contributed by atoms with Crippen LogP contribution in [0.2, 0.25) is 0 Å². The van der Waals surface area contributed by atoms with Crippen molar-refractivity contribution in [2.75, 3.05) is 0 Å².